The molecule has 1 unspecified atom stereocenters. The highest BCUT2D eigenvalue weighted by molar-refractivity contribution is 7.37. The predicted octanol–water partition coefficient (Wildman–Crippen LogP) is 2.14. The van der Waals surface area contributed by atoms with E-state index in [4.69, 9.17) is 14.5 Å². The molecule has 0 heterocycles. The summed E-state index contributed by atoms with van der Waals surface area (Å²) in [7, 11) is -0.546. The van der Waals surface area contributed by atoms with Crippen LogP contribution in [-0.2, 0) is 20.6 Å². The third-order valence-electron chi connectivity index (χ3n) is 2.86. The third kappa shape index (κ3) is 7.18. The van der Waals surface area contributed by atoms with Crippen molar-refractivity contribution in [3.63, 3.8) is 0 Å². The van der Waals surface area contributed by atoms with Crippen molar-refractivity contribution in [2.45, 2.75) is 19.8 Å². The molecule has 1 aromatic rings. The average Bonchev–Trinajstić information content (AvgIpc) is 2.45. The SMILES string of the molecule is COc1ccc(CCON(CCC[P+](=O)O)C(C)=O)cc1. The first-order chi connectivity index (χ1) is 10.0. The van der Waals surface area contributed by atoms with Crippen molar-refractivity contribution in [1.29, 1.82) is 0 Å². The highest BCUT2D eigenvalue weighted by Gasteiger charge is 2.14. The zero-order valence-electron chi connectivity index (χ0n) is 12.3. The summed E-state index contributed by atoms with van der Waals surface area (Å²) in [5.41, 5.74) is 1.08. The molecule has 0 radical (unpaired) electrons. The summed E-state index contributed by atoms with van der Waals surface area (Å²) < 4.78 is 15.7. The largest absolute Gasteiger partial charge is 0.505 e. The Balaban J connectivity index is 2.35. The van der Waals surface area contributed by atoms with E-state index in [0.717, 1.165) is 11.3 Å². The van der Waals surface area contributed by atoms with Gasteiger partial charge in [0.15, 0.2) is 6.16 Å². The molecule has 0 bridgehead atoms. The highest BCUT2D eigenvalue weighted by Crippen LogP contribution is 2.14. The molecule has 0 aliphatic carbocycles. The topological polar surface area (TPSA) is 76.1 Å². The maximum Gasteiger partial charge on any atom is 0.505 e. The third-order valence-corrected chi connectivity index (χ3v) is 3.56. The summed E-state index contributed by atoms with van der Waals surface area (Å²) in [5.74, 6) is 0.584. The molecule has 1 amide bonds. The van der Waals surface area contributed by atoms with Gasteiger partial charge in [-0.2, -0.15) is 4.89 Å². The van der Waals surface area contributed by atoms with Crippen LogP contribution in [0.4, 0.5) is 0 Å². The number of carbonyl (C=O) groups is 1. The van der Waals surface area contributed by atoms with Crippen LogP contribution in [0.15, 0.2) is 24.3 Å². The number of ether oxygens (including phenoxy) is 1. The van der Waals surface area contributed by atoms with Gasteiger partial charge in [-0.05, 0) is 28.7 Å². The minimum Gasteiger partial charge on any atom is -0.497 e. The lowest BCUT2D eigenvalue weighted by Gasteiger charge is -2.19. The van der Waals surface area contributed by atoms with Crippen LogP contribution < -0.4 is 4.74 Å². The molecule has 0 aliphatic heterocycles. The van der Waals surface area contributed by atoms with Crippen molar-refractivity contribution in [3.8, 4) is 5.75 Å². The number of hydrogen-bond acceptors (Lipinski definition) is 4. The van der Waals surface area contributed by atoms with Crippen LogP contribution in [0.1, 0.15) is 18.9 Å². The lowest BCUT2D eigenvalue weighted by atomic mass is 10.1. The fourth-order valence-electron chi connectivity index (χ4n) is 1.73. The second-order valence-electron chi connectivity index (χ2n) is 4.48. The summed E-state index contributed by atoms with van der Waals surface area (Å²) in [6.45, 7) is 2.10. The minimum absolute atomic E-state index is 0.168. The molecule has 0 fully saturated rings. The molecule has 116 valence electrons. The Morgan fingerprint density at radius 3 is 2.52 bits per heavy atom. The van der Waals surface area contributed by atoms with Crippen molar-refractivity contribution in [2.24, 2.45) is 0 Å². The van der Waals surface area contributed by atoms with E-state index in [2.05, 4.69) is 0 Å². The number of hydrogen-bond donors (Lipinski definition) is 1. The Morgan fingerprint density at radius 2 is 2.00 bits per heavy atom. The lowest BCUT2D eigenvalue weighted by molar-refractivity contribution is -0.183. The molecular formula is C14H21NO5P+. The molecule has 7 heteroatoms. The second kappa shape index (κ2) is 9.45. The molecule has 0 aliphatic rings. The van der Waals surface area contributed by atoms with Crippen LogP contribution >= 0.6 is 8.03 Å². The molecule has 0 saturated heterocycles. The van der Waals surface area contributed by atoms with Crippen molar-refractivity contribution in [2.75, 3.05) is 26.4 Å². The first-order valence-electron chi connectivity index (χ1n) is 6.70. The summed E-state index contributed by atoms with van der Waals surface area (Å²) in [6.07, 6.45) is 1.27. The van der Waals surface area contributed by atoms with Gasteiger partial charge in [0, 0.05) is 13.3 Å². The van der Waals surface area contributed by atoms with Gasteiger partial charge < -0.3 is 4.74 Å². The number of carbonyl (C=O) groups excluding carboxylic acids is 1. The van der Waals surface area contributed by atoms with E-state index in [1.807, 2.05) is 24.3 Å². The van der Waals surface area contributed by atoms with Gasteiger partial charge in [0.25, 0.3) is 0 Å². The zero-order valence-corrected chi connectivity index (χ0v) is 13.2. The molecule has 1 aromatic carbocycles. The van der Waals surface area contributed by atoms with Gasteiger partial charge in [-0.25, -0.2) is 5.06 Å². The molecule has 1 N–H and O–H groups in total. The average molecular weight is 314 g/mol. The lowest BCUT2D eigenvalue weighted by Crippen LogP contribution is -2.31. The Hall–Kier alpha value is -1.49. The summed E-state index contributed by atoms with van der Waals surface area (Å²) in [6, 6.07) is 7.62. The van der Waals surface area contributed by atoms with E-state index in [9.17, 15) is 9.36 Å². The maximum absolute atomic E-state index is 11.4. The van der Waals surface area contributed by atoms with Crippen LogP contribution in [-0.4, -0.2) is 42.3 Å². The van der Waals surface area contributed by atoms with Crippen LogP contribution in [0.5, 0.6) is 5.75 Å². The normalized spacial score (nSPS) is 11.1. The summed E-state index contributed by atoms with van der Waals surface area (Å²) in [5, 5.41) is 1.24. The van der Waals surface area contributed by atoms with Gasteiger partial charge in [-0.3, -0.25) is 9.63 Å². The molecule has 1 atom stereocenters. The Labute approximate surface area is 125 Å². The number of hydroxylamine groups is 2. The molecule has 6 nitrogen and oxygen atoms in total. The van der Waals surface area contributed by atoms with E-state index < -0.39 is 8.03 Å². The van der Waals surface area contributed by atoms with Gasteiger partial charge in [0.2, 0.25) is 5.91 Å². The van der Waals surface area contributed by atoms with E-state index in [0.29, 0.717) is 26.0 Å². The number of benzene rings is 1. The van der Waals surface area contributed by atoms with Crippen LogP contribution in [0.25, 0.3) is 0 Å². The van der Waals surface area contributed by atoms with Gasteiger partial charge >= 0.3 is 8.03 Å². The van der Waals surface area contributed by atoms with Crippen molar-refractivity contribution in [1.82, 2.24) is 5.06 Å². The van der Waals surface area contributed by atoms with Gasteiger partial charge in [-0.15, -0.1) is 0 Å². The predicted molar refractivity (Wildman–Crippen MR) is 79.3 cm³/mol. The Bertz CT molecular complexity index is 463. The first kappa shape index (κ1) is 17.6. The number of rotatable bonds is 9. The smallest absolute Gasteiger partial charge is 0.497 e. The van der Waals surface area contributed by atoms with E-state index in [1.54, 1.807) is 7.11 Å². The molecule has 1 rings (SSSR count). The summed E-state index contributed by atoms with van der Waals surface area (Å²) >= 11 is 0. The van der Waals surface area contributed by atoms with E-state index in [1.165, 1.54) is 12.0 Å². The number of amides is 1. The molecule has 0 aromatic heterocycles. The van der Waals surface area contributed by atoms with Crippen LogP contribution in [0, 0.1) is 0 Å². The Kier molecular flexibility index (Phi) is 7.90. The zero-order chi connectivity index (χ0) is 15.7. The fourth-order valence-corrected chi connectivity index (χ4v) is 2.14. The number of methoxy groups -OCH3 is 1. The molecule has 21 heavy (non-hydrogen) atoms. The maximum atomic E-state index is 11.4. The highest BCUT2D eigenvalue weighted by atomic mass is 31.1. The van der Waals surface area contributed by atoms with Gasteiger partial charge in [0.05, 0.1) is 20.3 Å². The number of nitrogens with zero attached hydrogens (tertiary/aromatic N) is 1. The molecular weight excluding hydrogens is 293 g/mol. The Morgan fingerprint density at radius 1 is 1.33 bits per heavy atom. The molecule has 0 spiro atoms. The molecule has 0 saturated carbocycles. The standard InChI is InChI=1S/C14H20NO5P/c1-12(16)15(9-3-11-21(17)18)20-10-8-13-4-6-14(19-2)7-5-13/h4-7H,3,8-11H2,1-2H3/p+1. The second-order valence-corrected chi connectivity index (χ2v) is 5.63. The van der Waals surface area contributed by atoms with Crippen LogP contribution in [0.3, 0.4) is 0 Å². The van der Waals surface area contributed by atoms with Crippen LogP contribution in [0.2, 0.25) is 0 Å². The minimum atomic E-state index is -2.16. The quantitative estimate of drug-likeness (QED) is 0.558. The van der Waals surface area contributed by atoms with E-state index >= 15 is 0 Å². The summed E-state index contributed by atoms with van der Waals surface area (Å²) in [4.78, 5) is 25.5. The van der Waals surface area contributed by atoms with Crippen molar-refractivity contribution in [3.05, 3.63) is 29.8 Å². The van der Waals surface area contributed by atoms with Gasteiger partial charge in [-0.1, -0.05) is 12.1 Å². The van der Waals surface area contributed by atoms with Crippen molar-refractivity contribution < 1.29 is 23.8 Å². The van der Waals surface area contributed by atoms with E-state index in [-0.39, 0.29) is 12.1 Å². The first-order valence-corrected chi connectivity index (χ1v) is 8.10. The fraction of sp³-hybridized carbons (Fsp3) is 0.500. The monoisotopic (exact) mass is 314 g/mol. The van der Waals surface area contributed by atoms with Crippen molar-refractivity contribution >= 4 is 13.9 Å². The van der Waals surface area contributed by atoms with Gasteiger partial charge in [0.1, 0.15) is 5.75 Å².